The summed E-state index contributed by atoms with van der Waals surface area (Å²) in [6.45, 7) is 5.85. The van der Waals surface area contributed by atoms with Crippen LogP contribution in [0.3, 0.4) is 0 Å². The van der Waals surface area contributed by atoms with E-state index in [-0.39, 0.29) is 24.0 Å². The molecule has 0 aliphatic carbocycles. The third-order valence-corrected chi connectivity index (χ3v) is 3.33. The number of esters is 2. The topological polar surface area (TPSA) is 67.9 Å². The van der Waals surface area contributed by atoms with Crippen molar-refractivity contribution >= 4 is 11.9 Å². The third-order valence-electron chi connectivity index (χ3n) is 3.33. The highest BCUT2D eigenvalue weighted by molar-refractivity contribution is 5.71. The minimum absolute atomic E-state index is 0.0622. The lowest BCUT2D eigenvalue weighted by Crippen LogP contribution is -2.56. The average Bonchev–Trinajstić information content (AvgIpc) is 2.35. The van der Waals surface area contributed by atoms with Crippen LogP contribution in [-0.2, 0) is 19.1 Å². The van der Waals surface area contributed by atoms with Crippen molar-refractivity contribution in [2.24, 2.45) is 0 Å². The summed E-state index contributed by atoms with van der Waals surface area (Å²) < 4.78 is 9.93. The minimum atomic E-state index is -0.196. The maximum Gasteiger partial charge on any atom is 0.307 e. The van der Waals surface area contributed by atoms with Gasteiger partial charge in [0.2, 0.25) is 0 Å². The van der Waals surface area contributed by atoms with Crippen molar-refractivity contribution in [2.45, 2.75) is 38.8 Å². The van der Waals surface area contributed by atoms with Gasteiger partial charge < -0.3 is 14.8 Å². The molecular weight excluding hydrogens is 248 g/mol. The summed E-state index contributed by atoms with van der Waals surface area (Å²) in [7, 11) is 1.94. The molecule has 1 N–H and O–H groups in total. The quantitative estimate of drug-likeness (QED) is 0.695. The Kier molecular flexibility index (Phi) is 6.80. The Balaban J connectivity index is 2.48. The first-order valence-corrected chi connectivity index (χ1v) is 6.82. The first-order chi connectivity index (χ1) is 9.08. The highest BCUT2D eigenvalue weighted by Gasteiger charge is 2.30. The van der Waals surface area contributed by atoms with E-state index >= 15 is 0 Å². The highest BCUT2D eigenvalue weighted by Crippen LogP contribution is 2.14. The molecule has 6 nitrogen and oxygen atoms in total. The second kappa shape index (κ2) is 8.12. The molecule has 0 aromatic rings. The molecule has 0 saturated carbocycles. The smallest absolute Gasteiger partial charge is 0.307 e. The normalized spacial score (nSPS) is 23.9. The first-order valence-electron chi connectivity index (χ1n) is 6.82. The molecule has 1 fully saturated rings. The van der Waals surface area contributed by atoms with Crippen molar-refractivity contribution in [3.05, 3.63) is 0 Å². The molecule has 1 saturated heterocycles. The van der Waals surface area contributed by atoms with E-state index < -0.39 is 0 Å². The van der Waals surface area contributed by atoms with Crippen LogP contribution in [-0.4, -0.2) is 62.3 Å². The fraction of sp³-hybridized carbons (Fsp3) is 0.846. The lowest BCUT2D eigenvalue weighted by atomic mass is 10.0. The van der Waals surface area contributed by atoms with Gasteiger partial charge in [0, 0.05) is 25.2 Å². The Labute approximate surface area is 114 Å². The second-order valence-corrected chi connectivity index (χ2v) is 4.65. The molecular formula is C13H24N2O4. The fourth-order valence-corrected chi connectivity index (χ4v) is 2.26. The molecule has 1 aliphatic heterocycles. The van der Waals surface area contributed by atoms with Gasteiger partial charge in [0.1, 0.15) is 0 Å². The molecule has 2 atom stereocenters. The summed E-state index contributed by atoms with van der Waals surface area (Å²) in [5.74, 6) is -0.393. The molecule has 110 valence electrons. The van der Waals surface area contributed by atoms with E-state index in [1.54, 1.807) is 13.8 Å². The Hall–Kier alpha value is -1.14. The van der Waals surface area contributed by atoms with Gasteiger partial charge in [-0.25, -0.2) is 0 Å². The third kappa shape index (κ3) is 5.16. The predicted molar refractivity (Wildman–Crippen MR) is 70.7 cm³/mol. The number of carbonyl (C=O) groups is 2. The zero-order chi connectivity index (χ0) is 14.3. The summed E-state index contributed by atoms with van der Waals surface area (Å²) in [6, 6.07) is 0.124. The van der Waals surface area contributed by atoms with Crippen LogP contribution in [0.4, 0.5) is 0 Å². The van der Waals surface area contributed by atoms with Gasteiger partial charge >= 0.3 is 11.9 Å². The van der Waals surface area contributed by atoms with Crippen molar-refractivity contribution < 1.29 is 19.1 Å². The maximum absolute atomic E-state index is 11.5. The molecule has 0 spiro atoms. The molecule has 19 heavy (non-hydrogen) atoms. The van der Waals surface area contributed by atoms with Gasteiger partial charge in [0.15, 0.2) is 0 Å². The Morgan fingerprint density at radius 3 is 1.84 bits per heavy atom. The summed E-state index contributed by atoms with van der Waals surface area (Å²) in [4.78, 5) is 25.1. The molecule has 0 aromatic heterocycles. The van der Waals surface area contributed by atoms with Crippen LogP contribution in [0.2, 0.25) is 0 Å². The van der Waals surface area contributed by atoms with Gasteiger partial charge in [0.05, 0.1) is 26.1 Å². The highest BCUT2D eigenvalue weighted by atomic mass is 16.5. The van der Waals surface area contributed by atoms with Crippen LogP contribution >= 0.6 is 0 Å². The molecule has 0 bridgehead atoms. The molecule has 1 heterocycles. The molecule has 0 amide bonds. The standard InChI is InChI=1S/C13H24N2O4/c1-4-18-12(16)6-10-8-14-9-11(15(10)3)7-13(17)19-5-2/h10-11,14H,4-9H2,1-3H3/t10-,11+. The van der Waals surface area contributed by atoms with Crippen LogP contribution in [0.5, 0.6) is 0 Å². The Morgan fingerprint density at radius 2 is 1.47 bits per heavy atom. The molecule has 0 radical (unpaired) electrons. The zero-order valence-corrected chi connectivity index (χ0v) is 12.0. The van der Waals surface area contributed by atoms with Crippen molar-refractivity contribution in [2.75, 3.05) is 33.4 Å². The molecule has 0 unspecified atom stereocenters. The average molecular weight is 272 g/mol. The summed E-state index contributed by atoms with van der Waals surface area (Å²) in [6.07, 6.45) is 0.688. The van der Waals surface area contributed by atoms with Crippen molar-refractivity contribution in [1.82, 2.24) is 10.2 Å². The number of likely N-dealkylation sites (N-methyl/N-ethyl adjacent to an activating group) is 1. The lowest BCUT2D eigenvalue weighted by Gasteiger charge is -2.39. The first kappa shape index (κ1) is 15.9. The molecule has 1 rings (SSSR count). The number of nitrogens with zero attached hydrogens (tertiary/aromatic N) is 1. The van der Waals surface area contributed by atoms with Gasteiger partial charge in [-0.2, -0.15) is 0 Å². The Bertz CT molecular complexity index is 281. The van der Waals surface area contributed by atoms with Crippen LogP contribution in [0.1, 0.15) is 26.7 Å². The monoisotopic (exact) mass is 272 g/mol. The van der Waals surface area contributed by atoms with Crippen LogP contribution in [0.25, 0.3) is 0 Å². The van der Waals surface area contributed by atoms with Crippen molar-refractivity contribution in [3.63, 3.8) is 0 Å². The van der Waals surface area contributed by atoms with Crippen LogP contribution in [0.15, 0.2) is 0 Å². The van der Waals surface area contributed by atoms with E-state index in [0.29, 0.717) is 26.1 Å². The second-order valence-electron chi connectivity index (χ2n) is 4.65. The molecule has 6 heteroatoms. The number of hydrogen-bond acceptors (Lipinski definition) is 6. The van der Waals surface area contributed by atoms with Gasteiger partial charge in [-0.1, -0.05) is 0 Å². The van der Waals surface area contributed by atoms with E-state index in [1.165, 1.54) is 0 Å². The van der Waals surface area contributed by atoms with Gasteiger partial charge in [0.25, 0.3) is 0 Å². The number of ether oxygens (including phenoxy) is 2. The zero-order valence-electron chi connectivity index (χ0n) is 12.0. The number of carbonyl (C=O) groups excluding carboxylic acids is 2. The number of nitrogens with one attached hydrogen (secondary N) is 1. The largest absolute Gasteiger partial charge is 0.466 e. The molecule has 1 aliphatic rings. The summed E-state index contributed by atoms with van der Waals surface area (Å²) >= 11 is 0. The van der Waals surface area contributed by atoms with Crippen LogP contribution in [0, 0.1) is 0 Å². The van der Waals surface area contributed by atoms with Crippen molar-refractivity contribution in [3.8, 4) is 0 Å². The van der Waals surface area contributed by atoms with E-state index in [1.807, 2.05) is 7.05 Å². The van der Waals surface area contributed by atoms with Gasteiger partial charge in [-0.05, 0) is 20.9 Å². The van der Waals surface area contributed by atoms with Crippen molar-refractivity contribution in [1.29, 1.82) is 0 Å². The predicted octanol–water partition coefficient (Wildman–Crippen LogP) is 0.165. The SMILES string of the molecule is CCOC(=O)C[C@H]1CNC[C@@H](CC(=O)OCC)N1C. The van der Waals surface area contributed by atoms with E-state index in [2.05, 4.69) is 10.2 Å². The van der Waals surface area contributed by atoms with Crippen LogP contribution < -0.4 is 5.32 Å². The lowest BCUT2D eigenvalue weighted by molar-refractivity contribution is -0.145. The van der Waals surface area contributed by atoms with E-state index in [0.717, 1.165) is 13.1 Å². The molecule has 0 aromatic carbocycles. The number of piperazine rings is 1. The Morgan fingerprint density at radius 1 is 1.05 bits per heavy atom. The fourth-order valence-electron chi connectivity index (χ4n) is 2.26. The van der Waals surface area contributed by atoms with Gasteiger partial charge in [-0.15, -0.1) is 0 Å². The number of hydrogen-bond donors (Lipinski definition) is 1. The summed E-state index contributed by atoms with van der Waals surface area (Å²) in [5, 5.41) is 3.25. The minimum Gasteiger partial charge on any atom is -0.466 e. The summed E-state index contributed by atoms with van der Waals surface area (Å²) in [5.41, 5.74) is 0. The van der Waals surface area contributed by atoms with E-state index in [9.17, 15) is 9.59 Å². The van der Waals surface area contributed by atoms with E-state index in [4.69, 9.17) is 9.47 Å². The maximum atomic E-state index is 11.5. The van der Waals surface area contributed by atoms with Gasteiger partial charge in [-0.3, -0.25) is 14.5 Å². The number of rotatable bonds is 6.